The highest BCUT2D eigenvalue weighted by Gasteiger charge is 2.42. The van der Waals surface area contributed by atoms with Crippen molar-refractivity contribution in [3.8, 4) is 11.3 Å². The van der Waals surface area contributed by atoms with Gasteiger partial charge >= 0.3 is 0 Å². The number of ketones is 2. The van der Waals surface area contributed by atoms with Crippen LogP contribution in [0.2, 0.25) is 0 Å². The lowest BCUT2D eigenvalue weighted by Crippen LogP contribution is -2.51. The monoisotopic (exact) mass is 716 g/mol. The molecule has 1 fully saturated rings. The van der Waals surface area contributed by atoms with Crippen molar-refractivity contribution >= 4 is 40.6 Å². The first-order chi connectivity index (χ1) is 24.2. The summed E-state index contributed by atoms with van der Waals surface area (Å²) in [5, 5.41) is 12.6. The second kappa shape index (κ2) is 17.8. The van der Waals surface area contributed by atoms with Crippen LogP contribution in [-0.2, 0) is 25.6 Å². The molecule has 11 nitrogen and oxygen atoms in total. The number of thiazole rings is 1. The van der Waals surface area contributed by atoms with Gasteiger partial charge in [0.25, 0.3) is 5.91 Å². The highest BCUT2D eigenvalue weighted by Crippen LogP contribution is 2.34. The van der Waals surface area contributed by atoms with Crippen molar-refractivity contribution in [3.05, 3.63) is 76.1 Å². The number of carbonyl (C=O) groups is 5. The van der Waals surface area contributed by atoms with Crippen molar-refractivity contribution in [2.75, 3.05) is 27.2 Å². The van der Waals surface area contributed by atoms with E-state index in [-0.39, 0.29) is 60.8 Å². The Morgan fingerprint density at radius 1 is 0.902 bits per heavy atom. The van der Waals surface area contributed by atoms with Crippen LogP contribution < -0.4 is 21.3 Å². The fourth-order valence-corrected chi connectivity index (χ4v) is 7.15. The number of aromatic nitrogens is 1. The number of nitrogens with one attached hydrogen (secondary N) is 4. The Balaban J connectivity index is 1.54. The number of likely N-dealkylation sites (N-methyl/N-ethyl adjacent to an activating group) is 2. The van der Waals surface area contributed by atoms with Crippen LogP contribution in [0.5, 0.6) is 0 Å². The summed E-state index contributed by atoms with van der Waals surface area (Å²) in [6.45, 7) is 9.91. The summed E-state index contributed by atoms with van der Waals surface area (Å²) in [4.78, 5) is 74.2. The van der Waals surface area contributed by atoms with Gasteiger partial charge in [0.2, 0.25) is 11.8 Å². The first-order valence-corrected chi connectivity index (χ1v) is 18.5. The molecule has 0 radical (unpaired) electrons. The Bertz CT molecular complexity index is 1670. The molecular formula is C39H52N6O5S. The van der Waals surface area contributed by atoms with Gasteiger partial charge in [-0.15, -0.1) is 11.3 Å². The van der Waals surface area contributed by atoms with Crippen LogP contribution in [-0.4, -0.2) is 84.5 Å². The highest BCUT2D eigenvalue weighted by molar-refractivity contribution is 7.14. The number of hydrogen-bond acceptors (Lipinski definition) is 9. The molecule has 0 spiro atoms. The Kier molecular flexibility index (Phi) is 13.8. The second-order valence-corrected chi connectivity index (χ2v) is 15.4. The molecule has 0 aliphatic carbocycles. The van der Waals surface area contributed by atoms with Crippen LogP contribution in [0.15, 0.2) is 60.7 Å². The van der Waals surface area contributed by atoms with Gasteiger partial charge in [-0.05, 0) is 51.8 Å². The van der Waals surface area contributed by atoms with E-state index in [0.717, 1.165) is 11.1 Å². The SMILES string of the molecule is CNC(C)C(=O)Cc1nc(-c2ccccc2)c(C(=O)NC[C@@H](NC(=O)[C@@H]2CCCN2C(=O)[C@@H](CC(=O)[C@H](C)NC)C(C)(C)C)c2ccccc2)s1. The molecular weight excluding hydrogens is 665 g/mol. The molecule has 3 aromatic rings. The molecule has 1 saturated heterocycles. The predicted molar refractivity (Wildman–Crippen MR) is 200 cm³/mol. The van der Waals surface area contributed by atoms with Crippen molar-refractivity contribution in [2.24, 2.45) is 11.3 Å². The molecule has 1 aromatic heterocycles. The van der Waals surface area contributed by atoms with Crippen molar-refractivity contribution in [1.82, 2.24) is 31.2 Å². The average Bonchev–Trinajstić information content (AvgIpc) is 3.79. The van der Waals surface area contributed by atoms with Gasteiger partial charge in [0.05, 0.1) is 30.2 Å². The fraction of sp³-hybridized carbons (Fsp3) is 0.487. The molecule has 5 atom stereocenters. The molecule has 12 heteroatoms. The predicted octanol–water partition coefficient (Wildman–Crippen LogP) is 4.34. The molecule has 51 heavy (non-hydrogen) atoms. The lowest BCUT2D eigenvalue weighted by molar-refractivity contribution is -0.146. The van der Waals surface area contributed by atoms with Crippen LogP contribution in [0, 0.1) is 11.3 Å². The molecule has 4 rings (SSSR count). The standard InChI is InChI=1S/C39H52N6O5S/c1-24(40-6)31(46)21-28(39(3,4)5)38(50)45-20-14-19-30(45)36(48)43-29(26-15-10-8-11-16-26)23-42-37(49)35-34(27-17-12-9-13-18-27)44-33(51-35)22-32(47)25(2)41-7/h8-13,15-18,24-25,28-30,40-41H,14,19-23H2,1-7H3,(H,42,49)(H,43,48)/t24-,25?,28+,29+,30-/m0/s1. The Labute approximate surface area is 305 Å². The van der Waals surface area contributed by atoms with Crippen LogP contribution >= 0.6 is 11.3 Å². The van der Waals surface area contributed by atoms with Crippen molar-refractivity contribution in [3.63, 3.8) is 0 Å². The van der Waals surface area contributed by atoms with E-state index in [2.05, 4.69) is 21.3 Å². The molecule has 2 heterocycles. The lowest BCUT2D eigenvalue weighted by Gasteiger charge is -2.35. The van der Waals surface area contributed by atoms with Gasteiger partial charge in [-0.3, -0.25) is 24.0 Å². The van der Waals surface area contributed by atoms with Crippen LogP contribution in [0.25, 0.3) is 11.3 Å². The van der Waals surface area contributed by atoms with Crippen LogP contribution in [0.1, 0.15) is 80.2 Å². The first-order valence-electron chi connectivity index (χ1n) is 17.6. The largest absolute Gasteiger partial charge is 0.349 e. The molecule has 0 bridgehead atoms. The molecule has 2 aromatic carbocycles. The fourth-order valence-electron chi connectivity index (χ4n) is 6.14. The summed E-state index contributed by atoms with van der Waals surface area (Å²) in [6, 6.07) is 16.7. The molecule has 3 amide bonds. The maximum Gasteiger partial charge on any atom is 0.263 e. The van der Waals surface area contributed by atoms with E-state index in [1.54, 1.807) is 32.8 Å². The minimum absolute atomic E-state index is 0.0305. The third-order valence-electron chi connectivity index (χ3n) is 9.65. The van der Waals surface area contributed by atoms with E-state index in [1.165, 1.54) is 11.3 Å². The quantitative estimate of drug-likeness (QED) is 0.171. The Hall–Kier alpha value is -4.26. The Morgan fingerprint density at radius 2 is 1.51 bits per heavy atom. The number of carbonyl (C=O) groups excluding carboxylic acids is 5. The molecule has 1 aliphatic rings. The van der Waals surface area contributed by atoms with Gasteiger partial charge in [0.15, 0.2) is 5.78 Å². The summed E-state index contributed by atoms with van der Waals surface area (Å²) >= 11 is 1.18. The van der Waals surface area contributed by atoms with E-state index in [0.29, 0.717) is 35.0 Å². The minimum Gasteiger partial charge on any atom is -0.349 e. The number of Topliss-reactive ketones (excluding diaryl/α,β-unsaturated/α-hetero) is 2. The maximum atomic E-state index is 14.0. The van der Waals surface area contributed by atoms with E-state index in [4.69, 9.17) is 4.98 Å². The van der Waals surface area contributed by atoms with Gasteiger partial charge in [-0.1, -0.05) is 81.4 Å². The number of benzene rings is 2. The van der Waals surface area contributed by atoms with Crippen molar-refractivity contribution < 1.29 is 24.0 Å². The van der Waals surface area contributed by atoms with E-state index >= 15 is 0 Å². The molecule has 4 N–H and O–H groups in total. The number of likely N-dealkylation sites (tertiary alicyclic amines) is 1. The third-order valence-corrected chi connectivity index (χ3v) is 10.7. The lowest BCUT2D eigenvalue weighted by atomic mass is 9.76. The summed E-state index contributed by atoms with van der Waals surface area (Å²) in [5.41, 5.74) is 1.55. The van der Waals surface area contributed by atoms with Gasteiger partial charge in [-0.25, -0.2) is 4.98 Å². The zero-order chi connectivity index (χ0) is 37.3. The molecule has 0 saturated carbocycles. The molecule has 1 unspecified atom stereocenters. The third kappa shape index (κ3) is 10.2. The number of rotatable bonds is 16. The van der Waals surface area contributed by atoms with Gasteiger partial charge < -0.3 is 26.2 Å². The van der Waals surface area contributed by atoms with E-state index in [1.807, 2.05) is 81.4 Å². The van der Waals surface area contributed by atoms with E-state index in [9.17, 15) is 24.0 Å². The zero-order valence-corrected chi connectivity index (χ0v) is 31.6. The van der Waals surface area contributed by atoms with E-state index < -0.39 is 23.4 Å². The van der Waals surface area contributed by atoms with Crippen LogP contribution in [0.3, 0.4) is 0 Å². The topological polar surface area (TPSA) is 150 Å². The van der Waals surface area contributed by atoms with Gasteiger partial charge in [0, 0.05) is 31.0 Å². The summed E-state index contributed by atoms with van der Waals surface area (Å²) < 4.78 is 0. The van der Waals surface area contributed by atoms with Crippen molar-refractivity contribution in [2.45, 2.75) is 84.5 Å². The van der Waals surface area contributed by atoms with Crippen LogP contribution in [0.4, 0.5) is 0 Å². The minimum atomic E-state index is -0.702. The Morgan fingerprint density at radius 3 is 2.12 bits per heavy atom. The smallest absolute Gasteiger partial charge is 0.263 e. The van der Waals surface area contributed by atoms with Gasteiger partial charge in [-0.2, -0.15) is 0 Å². The molecule has 274 valence electrons. The highest BCUT2D eigenvalue weighted by atomic mass is 32.1. The average molecular weight is 717 g/mol. The zero-order valence-electron chi connectivity index (χ0n) is 30.7. The summed E-state index contributed by atoms with van der Waals surface area (Å²) in [6.07, 6.45) is 1.34. The second-order valence-electron chi connectivity index (χ2n) is 14.3. The summed E-state index contributed by atoms with van der Waals surface area (Å²) in [5.74, 6) is -1.54. The normalized spacial score (nSPS) is 16.9. The first kappa shape index (κ1) is 39.5. The summed E-state index contributed by atoms with van der Waals surface area (Å²) in [7, 11) is 3.44. The number of hydrogen-bond donors (Lipinski definition) is 4. The molecule has 1 aliphatic heterocycles. The van der Waals surface area contributed by atoms with Crippen molar-refractivity contribution in [1.29, 1.82) is 0 Å². The maximum absolute atomic E-state index is 14.0. The number of amides is 3. The van der Waals surface area contributed by atoms with Gasteiger partial charge in [0.1, 0.15) is 21.7 Å². The number of nitrogens with zero attached hydrogens (tertiary/aromatic N) is 2.